The maximum absolute atomic E-state index is 12.2. The van der Waals surface area contributed by atoms with E-state index in [1.807, 2.05) is 0 Å². The Morgan fingerprint density at radius 2 is 2.08 bits per heavy atom. The number of hydrogen-bond acceptors (Lipinski definition) is 4. The van der Waals surface area contributed by atoms with Gasteiger partial charge in [-0.3, -0.25) is 0 Å². The average Bonchev–Trinajstić information content (AvgIpc) is 2.08. The molecule has 13 heavy (non-hydrogen) atoms. The summed E-state index contributed by atoms with van der Waals surface area (Å²) in [6.07, 6.45) is -2.82. The van der Waals surface area contributed by atoms with Crippen LogP contribution in [-0.4, -0.2) is 4.98 Å². The van der Waals surface area contributed by atoms with E-state index < -0.39 is 12.1 Å². The normalized spacial score (nSPS) is 10.0. The van der Waals surface area contributed by atoms with Crippen LogP contribution in [0.5, 0.6) is 0 Å². The van der Waals surface area contributed by atoms with E-state index in [4.69, 9.17) is 16.7 Å². The van der Waals surface area contributed by atoms with Gasteiger partial charge in [-0.15, -0.1) is 0 Å². The molecule has 68 valence electrons. The lowest BCUT2D eigenvalue weighted by Crippen LogP contribution is -2.04. The minimum Gasteiger partial charge on any atom is -0.396 e. The topological polar surface area (TPSA) is 88.7 Å². The minimum atomic E-state index is -2.82. The van der Waals surface area contributed by atoms with E-state index in [2.05, 4.69) is 4.98 Å². The van der Waals surface area contributed by atoms with Gasteiger partial charge in [-0.2, -0.15) is 5.26 Å². The summed E-state index contributed by atoms with van der Waals surface area (Å²) in [6.45, 7) is 0. The van der Waals surface area contributed by atoms with Crippen LogP contribution in [0, 0.1) is 11.3 Å². The number of hydrogen-bond donors (Lipinski definition) is 2. The monoisotopic (exact) mass is 184 g/mol. The highest BCUT2D eigenvalue weighted by molar-refractivity contribution is 5.61. The number of nitrogens with two attached hydrogens (primary N) is 2. The molecule has 0 saturated heterocycles. The SMILES string of the molecule is N#Cc1cc(N)nc(C(F)F)c1N. The van der Waals surface area contributed by atoms with Crippen molar-refractivity contribution in [2.45, 2.75) is 6.43 Å². The van der Waals surface area contributed by atoms with E-state index in [1.54, 1.807) is 6.07 Å². The Labute approximate surface area is 72.8 Å². The van der Waals surface area contributed by atoms with Crippen LogP contribution in [0.2, 0.25) is 0 Å². The summed E-state index contributed by atoms with van der Waals surface area (Å²) in [5.41, 5.74) is 9.40. The van der Waals surface area contributed by atoms with Crippen molar-refractivity contribution in [2.24, 2.45) is 0 Å². The van der Waals surface area contributed by atoms with Crippen LogP contribution in [0.4, 0.5) is 20.3 Å². The second-order valence-electron chi connectivity index (χ2n) is 2.31. The highest BCUT2D eigenvalue weighted by Crippen LogP contribution is 2.26. The van der Waals surface area contributed by atoms with Crippen molar-refractivity contribution in [3.8, 4) is 6.07 Å². The number of pyridine rings is 1. The Morgan fingerprint density at radius 3 is 2.54 bits per heavy atom. The predicted octanol–water partition coefficient (Wildman–Crippen LogP) is 1.06. The molecule has 4 nitrogen and oxygen atoms in total. The fourth-order valence-corrected chi connectivity index (χ4v) is 0.854. The number of rotatable bonds is 1. The Hall–Kier alpha value is -1.90. The summed E-state index contributed by atoms with van der Waals surface area (Å²) in [7, 11) is 0. The first-order valence-electron chi connectivity index (χ1n) is 3.30. The lowest BCUT2D eigenvalue weighted by molar-refractivity contribution is 0.147. The summed E-state index contributed by atoms with van der Waals surface area (Å²) >= 11 is 0. The molecule has 0 amide bonds. The zero-order valence-electron chi connectivity index (χ0n) is 6.46. The Bertz CT molecular complexity index is 369. The fraction of sp³-hybridized carbons (Fsp3) is 0.143. The van der Waals surface area contributed by atoms with Gasteiger partial charge in [0.1, 0.15) is 17.6 Å². The number of anilines is 2. The molecule has 1 aromatic rings. The molecule has 0 aliphatic heterocycles. The predicted molar refractivity (Wildman–Crippen MR) is 42.7 cm³/mol. The second-order valence-corrected chi connectivity index (χ2v) is 2.31. The molecule has 1 heterocycles. The van der Waals surface area contributed by atoms with Crippen molar-refractivity contribution in [1.82, 2.24) is 4.98 Å². The zero-order chi connectivity index (χ0) is 10.0. The van der Waals surface area contributed by atoms with Crippen molar-refractivity contribution >= 4 is 11.5 Å². The standard InChI is InChI=1S/C7H6F2N4/c8-7(9)6-5(12)3(2-10)1-4(11)13-6/h1,7H,12H2,(H2,11,13). The molecule has 0 aromatic carbocycles. The molecule has 1 aromatic heterocycles. The summed E-state index contributed by atoms with van der Waals surface area (Å²) in [6, 6.07) is 2.81. The van der Waals surface area contributed by atoms with Crippen LogP contribution >= 0.6 is 0 Å². The average molecular weight is 184 g/mol. The van der Waals surface area contributed by atoms with Gasteiger partial charge in [-0.25, -0.2) is 13.8 Å². The van der Waals surface area contributed by atoms with Gasteiger partial charge in [0.2, 0.25) is 0 Å². The van der Waals surface area contributed by atoms with Gasteiger partial charge in [0, 0.05) is 6.07 Å². The van der Waals surface area contributed by atoms with Crippen LogP contribution in [-0.2, 0) is 0 Å². The summed E-state index contributed by atoms with van der Waals surface area (Å²) < 4.78 is 24.4. The molecule has 0 spiro atoms. The van der Waals surface area contributed by atoms with E-state index in [0.29, 0.717) is 0 Å². The summed E-state index contributed by atoms with van der Waals surface area (Å²) in [5.74, 6) is -0.138. The number of nitrogen functional groups attached to an aromatic ring is 2. The Balaban J connectivity index is 3.38. The van der Waals surface area contributed by atoms with Crippen LogP contribution in [0.15, 0.2) is 6.07 Å². The van der Waals surface area contributed by atoms with Gasteiger partial charge in [0.05, 0.1) is 11.3 Å². The number of aromatic nitrogens is 1. The van der Waals surface area contributed by atoms with Crippen molar-refractivity contribution in [3.63, 3.8) is 0 Å². The lowest BCUT2D eigenvalue weighted by atomic mass is 10.2. The molecule has 0 radical (unpaired) electrons. The van der Waals surface area contributed by atoms with Crippen molar-refractivity contribution in [2.75, 3.05) is 11.5 Å². The van der Waals surface area contributed by atoms with Crippen LogP contribution in [0.25, 0.3) is 0 Å². The number of nitriles is 1. The smallest absolute Gasteiger partial charge is 0.282 e. The van der Waals surface area contributed by atoms with Gasteiger partial charge in [-0.1, -0.05) is 0 Å². The van der Waals surface area contributed by atoms with Crippen molar-refractivity contribution in [1.29, 1.82) is 5.26 Å². The van der Waals surface area contributed by atoms with E-state index in [-0.39, 0.29) is 17.1 Å². The van der Waals surface area contributed by atoms with Gasteiger partial charge in [0.15, 0.2) is 0 Å². The number of nitrogens with zero attached hydrogens (tertiary/aromatic N) is 2. The van der Waals surface area contributed by atoms with Crippen LogP contribution in [0.1, 0.15) is 17.7 Å². The highest BCUT2D eigenvalue weighted by atomic mass is 19.3. The van der Waals surface area contributed by atoms with E-state index >= 15 is 0 Å². The maximum atomic E-state index is 12.2. The Morgan fingerprint density at radius 1 is 1.46 bits per heavy atom. The Kier molecular flexibility index (Phi) is 2.28. The molecule has 0 aliphatic carbocycles. The molecule has 0 saturated carbocycles. The molecule has 6 heteroatoms. The zero-order valence-corrected chi connectivity index (χ0v) is 6.46. The van der Waals surface area contributed by atoms with Gasteiger partial charge < -0.3 is 11.5 Å². The molecular formula is C7H6F2N4. The summed E-state index contributed by atoms with van der Waals surface area (Å²) in [4.78, 5) is 3.33. The van der Waals surface area contributed by atoms with Crippen LogP contribution in [0.3, 0.4) is 0 Å². The van der Waals surface area contributed by atoms with Crippen molar-refractivity contribution < 1.29 is 8.78 Å². The molecule has 0 fully saturated rings. The largest absolute Gasteiger partial charge is 0.396 e. The molecule has 1 rings (SSSR count). The highest BCUT2D eigenvalue weighted by Gasteiger charge is 2.16. The lowest BCUT2D eigenvalue weighted by Gasteiger charge is -2.05. The molecule has 4 N–H and O–H groups in total. The van der Waals surface area contributed by atoms with Crippen molar-refractivity contribution in [3.05, 3.63) is 17.3 Å². The first-order chi connectivity index (χ1) is 6.06. The van der Waals surface area contributed by atoms with E-state index in [9.17, 15) is 8.78 Å². The maximum Gasteiger partial charge on any atom is 0.282 e. The molecule has 0 bridgehead atoms. The van der Waals surface area contributed by atoms with Gasteiger partial charge >= 0.3 is 0 Å². The molecular weight excluding hydrogens is 178 g/mol. The van der Waals surface area contributed by atoms with E-state index in [0.717, 1.165) is 6.07 Å². The quantitative estimate of drug-likeness (QED) is 0.682. The fourth-order valence-electron chi connectivity index (χ4n) is 0.854. The molecule has 0 aliphatic rings. The third-order valence-electron chi connectivity index (χ3n) is 1.44. The second kappa shape index (κ2) is 3.23. The molecule has 0 unspecified atom stereocenters. The van der Waals surface area contributed by atoms with Crippen LogP contribution < -0.4 is 11.5 Å². The van der Waals surface area contributed by atoms with Gasteiger partial charge in [0.25, 0.3) is 6.43 Å². The number of alkyl halides is 2. The molecule has 0 atom stereocenters. The van der Waals surface area contributed by atoms with Gasteiger partial charge in [-0.05, 0) is 0 Å². The first kappa shape index (κ1) is 9.19. The first-order valence-corrected chi connectivity index (χ1v) is 3.30. The third kappa shape index (κ3) is 1.64. The summed E-state index contributed by atoms with van der Waals surface area (Å²) in [5, 5.41) is 8.49. The van der Waals surface area contributed by atoms with E-state index in [1.165, 1.54) is 0 Å². The minimum absolute atomic E-state index is 0.0807. The third-order valence-corrected chi connectivity index (χ3v) is 1.44. The number of halogens is 2.